The molecule has 0 bridgehead atoms. The van der Waals surface area contributed by atoms with Crippen molar-refractivity contribution in [3.63, 3.8) is 0 Å². The molecule has 0 radical (unpaired) electrons. The number of piperazine rings is 1. The van der Waals surface area contributed by atoms with Crippen molar-refractivity contribution >= 4 is 5.91 Å². The Hall–Kier alpha value is -1.43. The number of benzene rings is 1. The number of hydrogen-bond acceptors (Lipinski definition) is 4. The van der Waals surface area contributed by atoms with Crippen molar-refractivity contribution in [2.75, 3.05) is 52.9 Å². The summed E-state index contributed by atoms with van der Waals surface area (Å²) in [6, 6.07) is 7.98. The van der Waals surface area contributed by atoms with Crippen molar-refractivity contribution in [3.8, 4) is 0 Å². The number of amides is 1. The van der Waals surface area contributed by atoms with Crippen molar-refractivity contribution in [2.24, 2.45) is 0 Å². The molecule has 1 amide bonds. The average Bonchev–Trinajstić information content (AvgIpc) is 2.54. The van der Waals surface area contributed by atoms with E-state index in [0.717, 1.165) is 51.4 Å². The number of nitrogens with zero attached hydrogens (tertiary/aromatic N) is 2. The van der Waals surface area contributed by atoms with Gasteiger partial charge in [0, 0.05) is 51.4 Å². The van der Waals surface area contributed by atoms with Crippen LogP contribution in [-0.4, -0.2) is 68.6 Å². The van der Waals surface area contributed by atoms with Gasteiger partial charge in [-0.25, -0.2) is 0 Å². The van der Waals surface area contributed by atoms with E-state index < -0.39 is 0 Å². The molecule has 0 atom stereocenters. The van der Waals surface area contributed by atoms with Gasteiger partial charge >= 0.3 is 0 Å². The molecule has 2 rings (SSSR count). The van der Waals surface area contributed by atoms with Gasteiger partial charge in [-0.1, -0.05) is 19.1 Å². The largest absolute Gasteiger partial charge is 0.351 e. The maximum absolute atomic E-state index is 12.0. The minimum Gasteiger partial charge on any atom is -0.351 e. The second kappa shape index (κ2) is 8.88. The van der Waals surface area contributed by atoms with E-state index in [9.17, 15) is 4.79 Å². The van der Waals surface area contributed by atoms with Crippen molar-refractivity contribution in [1.29, 1.82) is 0 Å². The third-order valence-electron chi connectivity index (χ3n) is 4.06. The number of carbonyl (C=O) groups is 1. The second-order valence-corrected chi connectivity index (χ2v) is 5.89. The number of nitrogens with one attached hydrogen (secondary N) is 2. The quantitative estimate of drug-likeness (QED) is 0.731. The van der Waals surface area contributed by atoms with E-state index in [4.69, 9.17) is 0 Å². The zero-order valence-corrected chi connectivity index (χ0v) is 13.8. The Morgan fingerprint density at radius 2 is 1.77 bits per heavy atom. The lowest BCUT2D eigenvalue weighted by molar-refractivity contribution is 0.0954. The highest BCUT2D eigenvalue weighted by Gasteiger charge is 2.14. The Balaban J connectivity index is 1.78. The Labute approximate surface area is 133 Å². The summed E-state index contributed by atoms with van der Waals surface area (Å²) in [5.41, 5.74) is 2.01. The molecule has 22 heavy (non-hydrogen) atoms. The van der Waals surface area contributed by atoms with Crippen LogP contribution in [0.15, 0.2) is 24.3 Å². The molecule has 1 saturated heterocycles. The normalized spacial score (nSPS) is 16.6. The summed E-state index contributed by atoms with van der Waals surface area (Å²) >= 11 is 0. The van der Waals surface area contributed by atoms with Gasteiger partial charge in [0.1, 0.15) is 0 Å². The third kappa shape index (κ3) is 5.40. The van der Waals surface area contributed by atoms with Crippen LogP contribution in [0.1, 0.15) is 22.8 Å². The summed E-state index contributed by atoms with van der Waals surface area (Å²) in [5, 5.41) is 6.11. The van der Waals surface area contributed by atoms with Gasteiger partial charge in [-0.3, -0.25) is 9.69 Å². The zero-order chi connectivity index (χ0) is 15.8. The molecule has 0 aromatic heterocycles. The van der Waals surface area contributed by atoms with Crippen molar-refractivity contribution < 1.29 is 4.79 Å². The fourth-order valence-corrected chi connectivity index (χ4v) is 2.57. The van der Waals surface area contributed by atoms with E-state index in [1.165, 1.54) is 5.56 Å². The SMILES string of the molecule is CCNCCNC(=O)c1ccc(CN2CCN(C)CC2)cc1. The lowest BCUT2D eigenvalue weighted by Gasteiger charge is -2.32. The van der Waals surface area contributed by atoms with Crippen LogP contribution in [0.25, 0.3) is 0 Å². The van der Waals surface area contributed by atoms with E-state index in [1.54, 1.807) is 0 Å². The fourth-order valence-electron chi connectivity index (χ4n) is 2.57. The predicted molar refractivity (Wildman–Crippen MR) is 90.1 cm³/mol. The highest BCUT2D eigenvalue weighted by atomic mass is 16.1. The first-order valence-corrected chi connectivity index (χ1v) is 8.18. The Morgan fingerprint density at radius 1 is 1.09 bits per heavy atom. The van der Waals surface area contributed by atoms with E-state index in [2.05, 4.69) is 46.5 Å². The number of rotatable bonds is 7. The van der Waals surface area contributed by atoms with Crippen LogP contribution in [0.2, 0.25) is 0 Å². The van der Waals surface area contributed by atoms with Gasteiger partial charge in [0.25, 0.3) is 5.91 Å². The van der Waals surface area contributed by atoms with Crippen LogP contribution >= 0.6 is 0 Å². The Bertz CT molecular complexity index is 452. The topological polar surface area (TPSA) is 47.6 Å². The van der Waals surface area contributed by atoms with Crippen LogP contribution in [0.3, 0.4) is 0 Å². The molecule has 0 spiro atoms. The van der Waals surface area contributed by atoms with Crippen LogP contribution in [-0.2, 0) is 6.54 Å². The minimum atomic E-state index is 0.00375. The van der Waals surface area contributed by atoms with Crippen molar-refractivity contribution in [1.82, 2.24) is 20.4 Å². The summed E-state index contributed by atoms with van der Waals surface area (Å²) in [6.45, 7) is 9.91. The molecular weight excluding hydrogens is 276 g/mol. The van der Waals surface area contributed by atoms with E-state index in [-0.39, 0.29) is 5.91 Å². The summed E-state index contributed by atoms with van der Waals surface area (Å²) in [7, 11) is 2.17. The number of likely N-dealkylation sites (N-methyl/N-ethyl adjacent to an activating group) is 2. The molecule has 1 aromatic carbocycles. The standard InChI is InChI=1S/C17H28N4O/c1-3-18-8-9-19-17(22)16-6-4-15(5-7-16)14-21-12-10-20(2)11-13-21/h4-7,18H,3,8-14H2,1-2H3,(H,19,22). The van der Waals surface area contributed by atoms with Crippen molar-refractivity contribution in [2.45, 2.75) is 13.5 Å². The molecule has 5 heteroatoms. The van der Waals surface area contributed by atoms with E-state index in [0.29, 0.717) is 6.54 Å². The second-order valence-electron chi connectivity index (χ2n) is 5.89. The van der Waals surface area contributed by atoms with Gasteiger partial charge < -0.3 is 15.5 Å². The minimum absolute atomic E-state index is 0.00375. The molecule has 5 nitrogen and oxygen atoms in total. The summed E-state index contributed by atoms with van der Waals surface area (Å²) in [5.74, 6) is 0.00375. The number of carbonyl (C=O) groups excluding carboxylic acids is 1. The first-order chi connectivity index (χ1) is 10.7. The maximum Gasteiger partial charge on any atom is 0.251 e. The zero-order valence-electron chi connectivity index (χ0n) is 13.8. The molecule has 2 N–H and O–H groups in total. The van der Waals surface area contributed by atoms with Crippen LogP contribution in [0.4, 0.5) is 0 Å². The van der Waals surface area contributed by atoms with Crippen LogP contribution < -0.4 is 10.6 Å². The summed E-state index contributed by atoms with van der Waals surface area (Å²) in [6.07, 6.45) is 0. The Kier molecular flexibility index (Phi) is 6.83. The lowest BCUT2D eigenvalue weighted by Crippen LogP contribution is -2.43. The Morgan fingerprint density at radius 3 is 2.41 bits per heavy atom. The van der Waals surface area contributed by atoms with Gasteiger partial charge in [0.05, 0.1) is 0 Å². The highest BCUT2D eigenvalue weighted by molar-refractivity contribution is 5.94. The third-order valence-corrected chi connectivity index (χ3v) is 4.06. The first-order valence-electron chi connectivity index (χ1n) is 8.18. The molecule has 1 aromatic rings. The fraction of sp³-hybridized carbons (Fsp3) is 0.588. The van der Waals surface area contributed by atoms with Crippen molar-refractivity contribution in [3.05, 3.63) is 35.4 Å². The van der Waals surface area contributed by atoms with E-state index >= 15 is 0 Å². The molecular formula is C17H28N4O. The van der Waals surface area contributed by atoms with Gasteiger partial charge in [-0.05, 0) is 31.3 Å². The van der Waals surface area contributed by atoms with Gasteiger partial charge in [0.2, 0.25) is 0 Å². The summed E-state index contributed by atoms with van der Waals surface area (Å²) < 4.78 is 0. The highest BCUT2D eigenvalue weighted by Crippen LogP contribution is 2.09. The van der Waals surface area contributed by atoms with E-state index in [1.807, 2.05) is 12.1 Å². The molecule has 1 aliphatic rings. The molecule has 0 unspecified atom stereocenters. The average molecular weight is 304 g/mol. The first kappa shape index (κ1) is 16.9. The van der Waals surface area contributed by atoms with Gasteiger partial charge in [0.15, 0.2) is 0 Å². The molecule has 1 fully saturated rings. The lowest BCUT2D eigenvalue weighted by atomic mass is 10.1. The summed E-state index contributed by atoms with van der Waals surface area (Å²) in [4.78, 5) is 16.8. The smallest absolute Gasteiger partial charge is 0.251 e. The molecule has 1 aliphatic heterocycles. The van der Waals surface area contributed by atoms with Crippen LogP contribution in [0, 0.1) is 0 Å². The monoisotopic (exact) mass is 304 g/mol. The molecule has 122 valence electrons. The van der Waals surface area contributed by atoms with Gasteiger partial charge in [-0.15, -0.1) is 0 Å². The van der Waals surface area contributed by atoms with Crippen LogP contribution in [0.5, 0.6) is 0 Å². The molecule has 0 aliphatic carbocycles. The maximum atomic E-state index is 12.0. The molecule has 1 heterocycles. The molecule has 0 saturated carbocycles. The predicted octanol–water partition coefficient (Wildman–Crippen LogP) is 0.773. The van der Waals surface area contributed by atoms with Gasteiger partial charge in [-0.2, -0.15) is 0 Å². The number of hydrogen-bond donors (Lipinski definition) is 2.